The van der Waals surface area contributed by atoms with E-state index in [2.05, 4.69) is 5.32 Å². The first-order valence-corrected chi connectivity index (χ1v) is 5.61. The van der Waals surface area contributed by atoms with Crippen molar-refractivity contribution in [2.75, 3.05) is 26.0 Å². The van der Waals surface area contributed by atoms with Crippen LogP contribution in [0.4, 0.5) is 11.4 Å². The molecule has 6 heteroatoms. The van der Waals surface area contributed by atoms with Crippen LogP contribution < -0.4 is 5.32 Å². The van der Waals surface area contributed by atoms with E-state index in [0.717, 1.165) is 0 Å². The molecule has 98 valence electrons. The van der Waals surface area contributed by atoms with Gasteiger partial charge in [0.15, 0.2) is 0 Å². The molecule has 1 aromatic carbocycles. The molecule has 1 N–H and O–H groups in total. The second kappa shape index (κ2) is 6.00. The summed E-state index contributed by atoms with van der Waals surface area (Å²) in [4.78, 5) is 23.4. The van der Waals surface area contributed by atoms with Crippen LogP contribution in [0, 0.1) is 17.0 Å². The Bertz CT molecular complexity index is 458. The van der Waals surface area contributed by atoms with Crippen molar-refractivity contribution in [3.8, 4) is 0 Å². The zero-order chi connectivity index (χ0) is 13.7. The van der Waals surface area contributed by atoms with E-state index >= 15 is 0 Å². The first kappa shape index (κ1) is 14.0. The second-order valence-electron chi connectivity index (χ2n) is 4.19. The van der Waals surface area contributed by atoms with E-state index in [1.807, 2.05) is 0 Å². The van der Waals surface area contributed by atoms with Gasteiger partial charge < -0.3 is 10.2 Å². The molecule has 1 rings (SSSR count). The molecule has 0 aliphatic rings. The lowest BCUT2D eigenvalue weighted by atomic mass is 10.1. The Labute approximate surface area is 106 Å². The largest absolute Gasteiger partial charge is 0.379 e. The number of aryl methyl sites for hydroxylation is 1. The molecule has 0 saturated heterocycles. The van der Waals surface area contributed by atoms with Crippen LogP contribution in [0.3, 0.4) is 0 Å². The molecule has 0 saturated carbocycles. The quantitative estimate of drug-likeness (QED) is 0.639. The van der Waals surface area contributed by atoms with E-state index in [4.69, 9.17) is 0 Å². The lowest BCUT2D eigenvalue weighted by Gasteiger charge is -2.11. The zero-order valence-electron chi connectivity index (χ0n) is 10.8. The van der Waals surface area contributed by atoms with E-state index in [9.17, 15) is 14.9 Å². The number of hydrogen-bond acceptors (Lipinski definition) is 4. The fourth-order valence-corrected chi connectivity index (χ4v) is 1.57. The summed E-state index contributed by atoms with van der Waals surface area (Å²) in [5, 5.41) is 13.9. The predicted octanol–water partition coefficient (Wildman–Crippen LogP) is 1.79. The highest BCUT2D eigenvalue weighted by molar-refractivity contribution is 5.76. The number of amides is 1. The average molecular weight is 251 g/mol. The maximum absolute atomic E-state index is 11.4. The highest BCUT2D eigenvalue weighted by atomic mass is 16.6. The van der Waals surface area contributed by atoms with Gasteiger partial charge in [-0.15, -0.1) is 0 Å². The predicted molar refractivity (Wildman–Crippen MR) is 69.6 cm³/mol. The molecular formula is C12H17N3O3. The summed E-state index contributed by atoms with van der Waals surface area (Å²) < 4.78 is 0. The number of nitrogens with zero attached hydrogens (tertiary/aromatic N) is 2. The summed E-state index contributed by atoms with van der Waals surface area (Å²) in [6.45, 7) is 2.07. The van der Waals surface area contributed by atoms with Crippen molar-refractivity contribution in [1.82, 2.24) is 4.90 Å². The Morgan fingerprint density at radius 3 is 2.67 bits per heavy atom. The van der Waals surface area contributed by atoms with E-state index < -0.39 is 4.92 Å². The van der Waals surface area contributed by atoms with Crippen molar-refractivity contribution in [2.24, 2.45) is 0 Å². The second-order valence-corrected chi connectivity index (χ2v) is 4.19. The average Bonchev–Trinajstić information content (AvgIpc) is 2.28. The first-order valence-electron chi connectivity index (χ1n) is 5.61. The summed E-state index contributed by atoms with van der Waals surface area (Å²) in [7, 11) is 3.36. The Hall–Kier alpha value is -2.11. The van der Waals surface area contributed by atoms with Gasteiger partial charge in [-0.2, -0.15) is 0 Å². The Morgan fingerprint density at radius 1 is 1.44 bits per heavy atom. The third-order valence-electron chi connectivity index (χ3n) is 2.57. The van der Waals surface area contributed by atoms with Gasteiger partial charge >= 0.3 is 0 Å². The summed E-state index contributed by atoms with van der Waals surface area (Å²) >= 11 is 0. The van der Waals surface area contributed by atoms with Crippen LogP contribution in [0.2, 0.25) is 0 Å². The number of benzene rings is 1. The SMILES string of the molecule is Cc1cccc(NCCC(=O)N(C)C)c1[N+](=O)[O-]. The van der Waals surface area contributed by atoms with Crippen LogP contribution in [-0.4, -0.2) is 36.4 Å². The molecule has 0 bridgehead atoms. The Balaban J connectivity index is 2.71. The Morgan fingerprint density at radius 2 is 2.11 bits per heavy atom. The molecule has 6 nitrogen and oxygen atoms in total. The molecule has 0 aliphatic heterocycles. The molecule has 0 heterocycles. The van der Waals surface area contributed by atoms with Crippen LogP contribution in [0.5, 0.6) is 0 Å². The first-order chi connectivity index (χ1) is 8.43. The van der Waals surface area contributed by atoms with Crippen molar-refractivity contribution in [3.05, 3.63) is 33.9 Å². The van der Waals surface area contributed by atoms with Crippen molar-refractivity contribution in [1.29, 1.82) is 0 Å². The minimum atomic E-state index is -0.411. The standard InChI is InChI=1S/C12H17N3O3/c1-9-5-4-6-10(12(9)15(17)18)13-8-7-11(16)14(2)3/h4-6,13H,7-8H2,1-3H3. The number of nitro benzene ring substituents is 1. The fourth-order valence-electron chi connectivity index (χ4n) is 1.57. The molecule has 0 aliphatic carbocycles. The molecule has 0 unspecified atom stereocenters. The maximum Gasteiger partial charge on any atom is 0.295 e. The van der Waals surface area contributed by atoms with Gasteiger partial charge in [-0.3, -0.25) is 14.9 Å². The smallest absolute Gasteiger partial charge is 0.295 e. The lowest BCUT2D eigenvalue weighted by molar-refractivity contribution is -0.384. The van der Waals surface area contributed by atoms with Gasteiger partial charge in [-0.05, 0) is 13.0 Å². The summed E-state index contributed by atoms with van der Waals surface area (Å²) in [6.07, 6.45) is 0.304. The number of nitro groups is 1. The number of hydrogen-bond donors (Lipinski definition) is 1. The molecule has 0 spiro atoms. The Kier molecular flexibility index (Phi) is 4.65. The van der Waals surface area contributed by atoms with E-state index in [0.29, 0.717) is 24.2 Å². The number of anilines is 1. The molecule has 1 amide bonds. The highest BCUT2D eigenvalue weighted by Gasteiger charge is 2.16. The number of nitrogens with one attached hydrogen (secondary N) is 1. The van der Waals surface area contributed by atoms with Gasteiger partial charge in [-0.1, -0.05) is 12.1 Å². The van der Waals surface area contributed by atoms with E-state index in [1.54, 1.807) is 39.2 Å². The van der Waals surface area contributed by atoms with Gasteiger partial charge in [0.05, 0.1) is 4.92 Å². The van der Waals surface area contributed by atoms with Gasteiger partial charge in [0.25, 0.3) is 5.69 Å². The third kappa shape index (κ3) is 3.44. The monoisotopic (exact) mass is 251 g/mol. The molecule has 0 fully saturated rings. The third-order valence-corrected chi connectivity index (χ3v) is 2.57. The number of para-hydroxylation sites is 1. The van der Waals surface area contributed by atoms with E-state index in [1.165, 1.54) is 4.90 Å². The molecule has 0 radical (unpaired) electrons. The van der Waals surface area contributed by atoms with Gasteiger partial charge in [0.1, 0.15) is 5.69 Å². The molecule has 18 heavy (non-hydrogen) atoms. The van der Waals surface area contributed by atoms with Gasteiger partial charge in [-0.25, -0.2) is 0 Å². The molecule has 0 atom stereocenters. The number of rotatable bonds is 5. The summed E-state index contributed by atoms with van der Waals surface area (Å²) in [5.74, 6) is -0.0159. The summed E-state index contributed by atoms with van der Waals surface area (Å²) in [5.41, 5.74) is 1.12. The molecule has 1 aromatic rings. The van der Waals surface area contributed by atoms with Gasteiger partial charge in [0.2, 0.25) is 5.91 Å². The van der Waals surface area contributed by atoms with Crippen LogP contribution in [0.15, 0.2) is 18.2 Å². The zero-order valence-corrected chi connectivity index (χ0v) is 10.8. The van der Waals surface area contributed by atoms with Crippen molar-refractivity contribution in [2.45, 2.75) is 13.3 Å². The topological polar surface area (TPSA) is 75.5 Å². The fraction of sp³-hybridized carbons (Fsp3) is 0.417. The maximum atomic E-state index is 11.4. The molecule has 0 aromatic heterocycles. The highest BCUT2D eigenvalue weighted by Crippen LogP contribution is 2.27. The minimum absolute atomic E-state index is 0.0159. The molecular weight excluding hydrogens is 234 g/mol. The number of carbonyl (C=O) groups excluding carboxylic acids is 1. The van der Waals surface area contributed by atoms with E-state index in [-0.39, 0.29) is 11.6 Å². The lowest BCUT2D eigenvalue weighted by Crippen LogP contribution is -2.24. The van der Waals surface area contributed by atoms with Gasteiger partial charge in [0, 0.05) is 32.6 Å². The van der Waals surface area contributed by atoms with Crippen molar-refractivity contribution in [3.63, 3.8) is 0 Å². The normalized spacial score (nSPS) is 9.94. The number of carbonyl (C=O) groups is 1. The minimum Gasteiger partial charge on any atom is -0.379 e. The van der Waals surface area contributed by atoms with Crippen molar-refractivity contribution >= 4 is 17.3 Å². The van der Waals surface area contributed by atoms with Crippen LogP contribution >= 0.6 is 0 Å². The summed E-state index contributed by atoms with van der Waals surface area (Å²) in [6, 6.07) is 5.08. The van der Waals surface area contributed by atoms with Crippen LogP contribution in [0.1, 0.15) is 12.0 Å². The van der Waals surface area contributed by atoms with Crippen LogP contribution in [-0.2, 0) is 4.79 Å². The van der Waals surface area contributed by atoms with Crippen molar-refractivity contribution < 1.29 is 9.72 Å². The van der Waals surface area contributed by atoms with Crippen LogP contribution in [0.25, 0.3) is 0 Å².